The SMILES string of the molecule is NCC(=O)c1ccc(Cl)cc1F. The number of halogens is 2. The first-order valence-electron chi connectivity index (χ1n) is 3.33. The normalized spacial score (nSPS) is 9.92. The third-order valence-electron chi connectivity index (χ3n) is 1.42. The van der Waals surface area contributed by atoms with Crippen LogP contribution in [0.4, 0.5) is 4.39 Å². The van der Waals surface area contributed by atoms with E-state index in [2.05, 4.69) is 0 Å². The van der Waals surface area contributed by atoms with Gasteiger partial charge in [-0.3, -0.25) is 4.79 Å². The predicted molar refractivity (Wildman–Crippen MR) is 44.8 cm³/mol. The molecule has 1 aromatic rings. The summed E-state index contributed by atoms with van der Waals surface area (Å²) < 4.78 is 12.9. The van der Waals surface area contributed by atoms with Crippen LogP contribution in [0.5, 0.6) is 0 Å². The van der Waals surface area contributed by atoms with Gasteiger partial charge >= 0.3 is 0 Å². The molecule has 0 aromatic heterocycles. The fourth-order valence-corrected chi connectivity index (χ4v) is 0.984. The second kappa shape index (κ2) is 3.65. The van der Waals surface area contributed by atoms with Crippen molar-refractivity contribution in [2.45, 2.75) is 0 Å². The Kier molecular flexibility index (Phi) is 2.78. The zero-order chi connectivity index (χ0) is 9.14. The minimum Gasteiger partial charge on any atom is -0.324 e. The Hall–Kier alpha value is -0.930. The average molecular weight is 188 g/mol. The lowest BCUT2D eigenvalue weighted by atomic mass is 10.1. The molecule has 1 aromatic carbocycles. The first kappa shape index (κ1) is 9.16. The van der Waals surface area contributed by atoms with Crippen molar-refractivity contribution in [2.24, 2.45) is 5.73 Å². The maximum absolute atomic E-state index is 12.9. The monoisotopic (exact) mass is 187 g/mol. The average Bonchev–Trinajstić information content (AvgIpc) is 2.03. The van der Waals surface area contributed by atoms with Crippen LogP contribution in [0.3, 0.4) is 0 Å². The highest BCUT2D eigenvalue weighted by Crippen LogP contribution is 2.14. The molecule has 4 heteroatoms. The van der Waals surface area contributed by atoms with Gasteiger partial charge in [-0.25, -0.2) is 4.39 Å². The van der Waals surface area contributed by atoms with E-state index in [0.29, 0.717) is 0 Å². The molecule has 0 spiro atoms. The van der Waals surface area contributed by atoms with E-state index < -0.39 is 11.6 Å². The number of nitrogens with two attached hydrogens (primary N) is 1. The molecule has 0 amide bonds. The van der Waals surface area contributed by atoms with E-state index in [1.54, 1.807) is 0 Å². The number of hydrogen-bond acceptors (Lipinski definition) is 2. The van der Waals surface area contributed by atoms with E-state index in [1.165, 1.54) is 12.1 Å². The van der Waals surface area contributed by atoms with Crippen LogP contribution >= 0.6 is 11.6 Å². The van der Waals surface area contributed by atoms with Crippen molar-refractivity contribution in [1.82, 2.24) is 0 Å². The third-order valence-corrected chi connectivity index (χ3v) is 1.65. The largest absolute Gasteiger partial charge is 0.324 e. The number of Topliss-reactive ketones (excluding diaryl/α,β-unsaturated/α-hetero) is 1. The molecule has 0 atom stereocenters. The highest BCUT2D eigenvalue weighted by atomic mass is 35.5. The van der Waals surface area contributed by atoms with Crippen molar-refractivity contribution < 1.29 is 9.18 Å². The molecule has 0 bridgehead atoms. The van der Waals surface area contributed by atoms with Crippen molar-refractivity contribution in [3.8, 4) is 0 Å². The van der Waals surface area contributed by atoms with Gasteiger partial charge in [-0.1, -0.05) is 11.6 Å². The molecule has 0 fully saturated rings. The van der Waals surface area contributed by atoms with Gasteiger partial charge < -0.3 is 5.73 Å². The molecule has 0 aliphatic rings. The Morgan fingerprint density at radius 2 is 2.25 bits per heavy atom. The Balaban J connectivity index is 3.09. The van der Waals surface area contributed by atoms with Crippen LogP contribution in [0.1, 0.15) is 10.4 Å². The van der Waals surface area contributed by atoms with Gasteiger partial charge in [-0.2, -0.15) is 0 Å². The van der Waals surface area contributed by atoms with E-state index in [-0.39, 0.29) is 17.1 Å². The topological polar surface area (TPSA) is 43.1 Å². The summed E-state index contributed by atoms with van der Waals surface area (Å²) in [5.41, 5.74) is 5.05. The number of hydrogen-bond donors (Lipinski definition) is 1. The number of carbonyl (C=O) groups is 1. The third kappa shape index (κ3) is 1.81. The molecule has 0 saturated carbocycles. The summed E-state index contributed by atoms with van der Waals surface area (Å²) in [5, 5.41) is 0.265. The van der Waals surface area contributed by atoms with E-state index >= 15 is 0 Å². The highest BCUT2D eigenvalue weighted by Gasteiger charge is 2.09. The number of benzene rings is 1. The number of carbonyl (C=O) groups excluding carboxylic acids is 1. The van der Waals surface area contributed by atoms with Crippen LogP contribution in [0, 0.1) is 5.82 Å². The number of ketones is 1. The molecule has 2 nitrogen and oxygen atoms in total. The second-order valence-corrected chi connectivity index (χ2v) is 2.69. The van der Waals surface area contributed by atoms with Crippen LogP contribution in [-0.2, 0) is 0 Å². The van der Waals surface area contributed by atoms with Gasteiger partial charge in [0.2, 0.25) is 0 Å². The Bertz CT molecular complexity index is 314. The van der Waals surface area contributed by atoms with Gasteiger partial charge in [0.1, 0.15) is 5.82 Å². The van der Waals surface area contributed by atoms with Crippen LogP contribution in [0.15, 0.2) is 18.2 Å². The smallest absolute Gasteiger partial charge is 0.179 e. The summed E-state index contributed by atoms with van der Waals surface area (Å²) in [6, 6.07) is 3.87. The van der Waals surface area contributed by atoms with Crippen molar-refractivity contribution in [2.75, 3.05) is 6.54 Å². The van der Waals surface area contributed by atoms with Gasteiger partial charge in [-0.05, 0) is 18.2 Å². The molecule has 0 aliphatic heterocycles. The fraction of sp³-hybridized carbons (Fsp3) is 0.125. The lowest BCUT2D eigenvalue weighted by Gasteiger charge is -1.99. The number of rotatable bonds is 2. The van der Waals surface area contributed by atoms with Crippen LogP contribution in [0.2, 0.25) is 5.02 Å². The standard InChI is InChI=1S/C8H7ClFNO/c9-5-1-2-6(7(10)3-5)8(12)4-11/h1-3H,4,11H2. The molecule has 64 valence electrons. The molecule has 0 saturated heterocycles. The van der Waals surface area contributed by atoms with E-state index in [4.69, 9.17) is 17.3 Å². The van der Waals surface area contributed by atoms with Crippen LogP contribution < -0.4 is 5.73 Å². The van der Waals surface area contributed by atoms with Gasteiger partial charge in [0, 0.05) is 5.02 Å². The Morgan fingerprint density at radius 3 is 2.75 bits per heavy atom. The molecular weight excluding hydrogens is 181 g/mol. The summed E-state index contributed by atoms with van der Waals surface area (Å²) in [6.45, 7) is -0.196. The zero-order valence-corrected chi connectivity index (χ0v) is 6.94. The fourth-order valence-electron chi connectivity index (χ4n) is 0.826. The van der Waals surface area contributed by atoms with Gasteiger partial charge in [0.05, 0.1) is 12.1 Å². The van der Waals surface area contributed by atoms with Crippen molar-refractivity contribution in [1.29, 1.82) is 0 Å². The van der Waals surface area contributed by atoms with Crippen molar-refractivity contribution in [3.05, 3.63) is 34.6 Å². The van der Waals surface area contributed by atoms with E-state index in [9.17, 15) is 9.18 Å². The molecule has 1 rings (SSSR count). The van der Waals surface area contributed by atoms with Crippen LogP contribution in [0.25, 0.3) is 0 Å². The van der Waals surface area contributed by atoms with Crippen molar-refractivity contribution >= 4 is 17.4 Å². The van der Waals surface area contributed by atoms with E-state index in [1.807, 2.05) is 0 Å². The molecule has 12 heavy (non-hydrogen) atoms. The van der Waals surface area contributed by atoms with Gasteiger partial charge in [0.15, 0.2) is 5.78 Å². The summed E-state index contributed by atoms with van der Waals surface area (Å²) >= 11 is 5.48. The summed E-state index contributed by atoms with van der Waals surface area (Å²) in [6.07, 6.45) is 0. The molecular formula is C8H7ClFNO. The van der Waals surface area contributed by atoms with E-state index in [0.717, 1.165) is 6.07 Å². The maximum Gasteiger partial charge on any atom is 0.179 e. The van der Waals surface area contributed by atoms with Crippen LogP contribution in [-0.4, -0.2) is 12.3 Å². The minimum absolute atomic E-state index is 0.0121. The summed E-state index contributed by atoms with van der Waals surface area (Å²) in [7, 11) is 0. The first-order chi connectivity index (χ1) is 5.65. The lowest BCUT2D eigenvalue weighted by Crippen LogP contribution is -2.14. The lowest BCUT2D eigenvalue weighted by molar-refractivity contribution is 0.0997. The van der Waals surface area contributed by atoms with Gasteiger partial charge in [-0.15, -0.1) is 0 Å². The maximum atomic E-state index is 12.9. The van der Waals surface area contributed by atoms with Gasteiger partial charge in [0.25, 0.3) is 0 Å². The quantitative estimate of drug-likeness (QED) is 0.715. The minimum atomic E-state index is -0.627. The molecule has 2 N–H and O–H groups in total. The summed E-state index contributed by atoms with van der Waals surface area (Å²) in [5.74, 6) is -1.05. The molecule has 0 heterocycles. The zero-order valence-electron chi connectivity index (χ0n) is 6.18. The highest BCUT2D eigenvalue weighted by molar-refractivity contribution is 6.30. The second-order valence-electron chi connectivity index (χ2n) is 2.25. The Morgan fingerprint density at radius 1 is 1.58 bits per heavy atom. The van der Waals surface area contributed by atoms with Crippen molar-refractivity contribution in [3.63, 3.8) is 0 Å². The molecule has 0 unspecified atom stereocenters. The first-order valence-corrected chi connectivity index (χ1v) is 3.71. The molecule has 0 radical (unpaired) electrons. The predicted octanol–water partition coefficient (Wildman–Crippen LogP) is 1.62. The molecule has 0 aliphatic carbocycles. The Labute approximate surface area is 74.1 Å². The summed E-state index contributed by atoms with van der Waals surface area (Å²) in [4.78, 5) is 10.9.